The molecule has 3 aromatic heterocycles. The maximum absolute atomic E-state index is 13.0. The molecule has 0 saturated heterocycles. The van der Waals surface area contributed by atoms with Crippen molar-refractivity contribution in [3.8, 4) is 40.3 Å². The Morgan fingerprint density at radius 3 is 2.44 bits per heavy atom. The molecule has 1 fully saturated rings. The Hall–Kier alpha value is -4.22. The van der Waals surface area contributed by atoms with Crippen molar-refractivity contribution in [2.45, 2.75) is 31.5 Å². The van der Waals surface area contributed by atoms with Crippen LogP contribution in [0.5, 0.6) is 17.5 Å². The van der Waals surface area contributed by atoms with Gasteiger partial charge in [0.05, 0.1) is 19.0 Å². The number of alkyl halides is 3. The number of ether oxygens (including phenoxy) is 2. The summed E-state index contributed by atoms with van der Waals surface area (Å²) in [7, 11) is 3.00. The Bertz CT molecular complexity index is 1400. The van der Waals surface area contributed by atoms with E-state index in [1.165, 1.54) is 31.2 Å². The lowest BCUT2D eigenvalue weighted by molar-refractivity contribution is -0.140. The predicted octanol–water partition coefficient (Wildman–Crippen LogP) is 4.52. The lowest BCUT2D eigenvalue weighted by Gasteiger charge is -2.12. The summed E-state index contributed by atoms with van der Waals surface area (Å²) in [6, 6.07) is 6.71. The Kier molecular flexibility index (Phi) is 5.94. The SMILES string of the molecule is COc1ncnc(C2CC2)c1-c1ncc(O)c(OCc2ccc(-c3nc(C(F)(F)F)cn3C)cc2)n1. The summed E-state index contributed by atoms with van der Waals surface area (Å²) in [6.45, 7) is 0.0521. The molecule has 0 bridgehead atoms. The second kappa shape index (κ2) is 9.10. The highest BCUT2D eigenvalue weighted by molar-refractivity contribution is 5.66. The third kappa shape index (κ3) is 4.66. The standard InChI is InChI=1S/C24H21F3N6O3/c1-33-10-17(24(25,26)27)31-21(33)15-5-3-13(4-6-15)11-36-22-16(34)9-28-20(32-22)18-19(14-7-8-14)29-12-30-23(18)35-2/h3-6,9-10,12,14,34H,7-8,11H2,1-2H3. The first-order valence-corrected chi connectivity index (χ1v) is 11.0. The van der Waals surface area contributed by atoms with E-state index in [4.69, 9.17) is 9.47 Å². The first-order valence-electron chi connectivity index (χ1n) is 11.0. The molecule has 12 heteroatoms. The van der Waals surface area contributed by atoms with Crippen molar-refractivity contribution in [2.75, 3.05) is 7.11 Å². The number of rotatable bonds is 7. The van der Waals surface area contributed by atoms with Gasteiger partial charge in [0.1, 0.15) is 24.3 Å². The molecule has 0 atom stereocenters. The van der Waals surface area contributed by atoms with Crippen LogP contribution in [-0.2, 0) is 19.8 Å². The second-order valence-electron chi connectivity index (χ2n) is 8.35. The minimum absolute atomic E-state index is 0.0318. The van der Waals surface area contributed by atoms with E-state index >= 15 is 0 Å². The summed E-state index contributed by atoms with van der Waals surface area (Å²) < 4.78 is 51.3. The molecule has 1 aromatic carbocycles. The number of aryl methyl sites for hydroxylation is 1. The quantitative estimate of drug-likeness (QED) is 0.396. The number of aromatic nitrogens is 6. The van der Waals surface area contributed by atoms with E-state index in [0.717, 1.165) is 24.7 Å². The van der Waals surface area contributed by atoms with Gasteiger partial charge in [-0.2, -0.15) is 18.2 Å². The average molecular weight is 498 g/mol. The third-order valence-corrected chi connectivity index (χ3v) is 5.71. The normalized spacial score (nSPS) is 13.6. The fourth-order valence-electron chi connectivity index (χ4n) is 3.77. The second-order valence-corrected chi connectivity index (χ2v) is 8.35. The van der Waals surface area contributed by atoms with E-state index in [1.54, 1.807) is 24.3 Å². The number of benzene rings is 1. The van der Waals surface area contributed by atoms with Gasteiger partial charge >= 0.3 is 6.18 Å². The summed E-state index contributed by atoms with van der Waals surface area (Å²) in [6.07, 6.45) is 1.11. The molecule has 9 nitrogen and oxygen atoms in total. The van der Waals surface area contributed by atoms with E-state index < -0.39 is 11.9 Å². The zero-order chi connectivity index (χ0) is 25.4. The van der Waals surface area contributed by atoms with Crippen LogP contribution in [0.2, 0.25) is 0 Å². The molecule has 0 unspecified atom stereocenters. The molecule has 1 N–H and O–H groups in total. The van der Waals surface area contributed by atoms with Crippen molar-refractivity contribution >= 4 is 0 Å². The fraction of sp³-hybridized carbons (Fsp3) is 0.292. The van der Waals surface area contributed by atoms with Gasteiger partial charge in [-0.1, -0.05) is 24.3 Å². The van der Waals surface area contributed by atoms with Gasteiger partial charge in [0.2, 0.25) is 5.88 Å². The lowest BCUT2D eigenvalue weighted by Crippen LogP contribution is -2.05. The van der Waals surface area contributed by atoms with E-state index in [0.29, 0.717) is 22.6 Å². The van der Waals surface area contributed by atoms with Crippen molar-refractivity contribution < 1.29 is 27.8 Å². The van der Waals surface area contributed by atoms with Crippen LogP contribution >= 0.6 is 0 Å². The summed E-state index contributed by atoms with van der Waals surface area (Å²) in [5, 5.41) is 10.3. The Morgan fingerprint density at radius 1 is 1.06 bits per heavy atom. The highest BCUT2D eigenvalue weighted by Gasteiger charge is 2.34. The lowest BCUT2D eigenvalue weighted by atomic mass is 10.1. The summed E-state index contributed by atoms with van der Waals surface area (Å²) in [4.78, 5) is 20.8. The van der Waals surface area contributed by atoms with Crippen LogP contribution in [0.15, 0.2) is 43.0 Å². The molecule has 1 aliphatic carbocycles. The van der Waals surface area contributed by atoms with Crippen LogP contribution in [0.3, 0.4) is 0 Å². The molecule has 1 aliphatic rings. The zero-order valence-electron chi connectivity index (χ0n) is 19.3. The van der Waals surface area contributed by atoms with Crippen LogP contribution < -0.4 is 9.47 Å². The van der Waals surface area contributed by atoms with Crippen molar-refractivity contribution in [3.05, 3.63) is 59.9 Å². The number of aromatic hydroxyl groups is 1. The first-order chi connectivity index (χ1) is 17.2. The Morgan fingerprint density at radius 2 is 1.81 bits per heavy atom. The van der Waals surface area contributed by atoms with Gasteiger partial charge in [-0.25, -0.2) is 19.9 Å². The first kappa shape index (κ1) is 23.5. The van der Waals surface area contributed by atoms with Gasteiger partial charge in [-0.05, 0) is 18.4 Å². The Balaban J connectivity index is 1.35. The van der Waals surface area contributed by atoms with Gasteiger partial charge in [-0.15, -0.1) is 0 Å². The predicted molar refractivity (Wildman–Crippen MR) is 121 cm³/mol. The molecule has 5 rings (SSSR count). The highest BCUT2D eigenvalue weighted by Crippen LogP contribution is 2.45. The third-order valence-electron chi connectivity index (χ3n) is 5.71. The van der Waals surface area contributed by atoms with Gasteiger partial charge < -0.3 is 19.1 Å². The van der Waals surface area contributed by atoms with Crippen molar-refractivity contribution in [3.63, 3.8) is 0 Å². The molecular formula is C24H21F3N6O3. The minimum Gasteiger partial charge on any atom is -0.502 e. The molecule has 0 spiro atoms. The molecule has 1 saturated carbocycles. The molecule has 0 radical (unpaired) electrons. The maximum Gasteiger partial charge on any atom is 0.434 e. The number of hydrogen-bond donors (Lipinski definition) is 1. The zero-order valence-corrected chi connectivity index (χ0v) is 19.3. The summed E-state index contributed by atoms with van der Waals surface area (Å²) in [5.41, 5.74) is 1.63. The monoisotopic (exact) mass is 498 g/mol. The van der Waals surface area contributed by atoms with Gasteiger partial charge in [0.25, 0.3) is 5.88 Å². The number of hydrogen-bond acceptors (Lipinski definition) is 8. The molecule has 4 aromatic rings. The van der Waals surface area contributed by atoms with Crippen LogP contribution in [0, 0.1) is 0 Å². The van der Waals surface area contributed by atoms with E-state index in [1.807, 2.05) is 0 Å². The summed E-state index contributed by atoms with van der Waals surface area (Å²) in [5.74, 6) is 0.804. The molecule has 0 aliphatic heterocycles. The molecule has 36 heavy (non-hydrogen) atoms. The number of imidazole rings is 1. The largest absolute Gasteiger partial charge is 0.502 e. The Labute approximate surface area is 203 Å². The average Bonchev–Trinajstić information content (AvgIpc) is 3.63. The van der Waals surface area contributed by atoms with Crippen molar-refractivity contribution in [1.82, 2.24) is 29.5 Å². The van der Waals surface area contributed by atoms with Gasteiger partial charge in [0.15, 0.2) is 17.3 Å². The van der Waals surface area contributed by atoms with E-state index in [-0.39, 0.29) is 35.8 Å². The van der Waals surface area contributed by atoms with Gasteiger partial charge in [-0.3, -0.25) is 0 Å². The molecule has 186 valence electrons. The summed E-state index contributed by atoms with van der Waals surface area (Å²) >= 11 is 0. The van der Waals surface area contributed by atoms with Crippen LogP contribution in [0.4, 0.5) is 13.2 Å². The molecular weight excluding hydrogens is 477 g/mol. The minimum atomic E-state index is -4.52. The van der Waals surface area contributed by atoms with Crippen LogP contribution in [0.25, 0.3) is 22.8 Å². The molecule has 0 amide bonds. The number of nitrogens with zero attached hydrogens (tertiary/aromatic N) is 6. The van der Waals surface area contributed by atoms with Crippen LogP contribution in [-0.4, -0.2) is 41.7 Å². The van der Waals surface area contributed by atoms with Gasteiger partial charge in [0, 0.05) is 24.7 Å². The maximum atomic E-state index is 13.0. The number of halogens is 3. The van der Waals surface area contributed by atoms with Crippen molar-refractivity contribution in [1.29, 1.82) is 0 Å². The number of methoxy groups -OCH3 is 1. The van der Waals surface area contributed by atoms with E-state index in [9.17, 15) is 18.3 Å². The fourth-order valence-corrected chi connectivity index (χ4v) is 3.77. The molecule has 3 heterocycles. The topological polar surface area (TPSA) is 108 Å². The highest BCUT2D eigenvalue weighted by atomic mass is 19.4. The smallest absolute Gasteiger partial charge is 0.434 e. The van der Waals surface area contributed by atoms with Crippen LogP contribution in [0.1, 0.15) is 35.7 Å². The van der Waals surface area contributed by atoms with E-state index in [2.05, 4.69) is 24.9 Å². The van der Waals surface area contributed by atoms with Crippen molar-refractivity contribution in [2.24, 2.45) is 7.05 Å².